The van der Waals surface area contributed by atoms with Crippen molar-refractivity contribution in [1.29, 1.82) is 0 Å². The molecule has 0 aliphatic carbocycles. The van der Waals surface area contributed by atoms with Crippen molar-refractivity contribution in [3.8, 4) is 0 Å². The molecular formula is C15H8BrClFNO2. The van der Waals surface area contributed by atoms with Crippen LogP contribution >= 0.6 is 27.5 Å². The van der Waals surface area contributed by atoms with Crippen LogP contribution in [0.3, 0.4) is 0 Å². The molecule has 1 amide bonds. The highest BCUT2D eigenvalue weighted by atomic mass is 79.9. The second-order valence-electron chi connectivity index (χ2n) is 4.57. The van der Waals surface area contributed by atoms with Gasteiger partial charge < -0.3 is 4.90 Å². The summed E-state index contributed by atoms with van der Waals surface area (Å²) in [7, 11) is 0. The largest absolute Gasteiger partial charge is 0.300 e. The monoisotopic (exact) mass is 367 g/mol. The molecule has 21 heavy (non-hydrogen) atoms. The fourth-order valence-corrected chi connectivity index (χ4v) is 3.02. The van der Waals surface area contributed by atoms with Crippen LogP contribution in [0.2, 0.25) is 5.02 Å². The lowest BCUT2D eigenvalue weighted by Gasteiger charge is -2.17. The minimum Gasteiger partial charge on any atom is -0.300 e. The summed E-state index contributed by atoms with van der Waals surface area (Å²) in [6.07, 6.45) is 0. The van der Waals surface area contributed by atoms with Crippen molar-refractivity contribution in [2.24, 2.45) is 0 Å². The van der Waals surface area contributed by atoms with Gasteiger partial charge in [-0.05, 0) is 39.7 Å². The number of hydrogen-bond acceptors (Lipinski definition) is 2. The number of Topliss-reactive ketones (excluding diaryl/α,β-unsaturated/α-hetero) is 1. The Balaban J connectivity index is 2.05. The third-order valence-electron chi connectivity index (χ3n) is 3.31. The molecule has 1 aliphatic rings. The number of anilines is 1. The van der Waals surface area contributed by atoms with Crippen LogP contribution in [0.15, 0.2) is 40.9 Å². The predicted octanol–water partition coefficient (Wildman–Crippen LogP) is 3.97. The molecule has 0 atom stereocenters. The average Bonchev–Trinajstić information content (AvgIpc) is 2.70. The first-order chi connectivity index (χ1) is 10.0. The van der Waals surface area contributed by atoms with Gasteiger partial charge in [-0.25, -0.2) is 4.39 Å². The Morgan fingerprint density at radius 3 is 2.62 bits per heavy atom. The lowest BCUT2D eigenvalue weighted by atomic mass is 10.1. The zero-order valence-electron chi connectivity index (χ0n) is 10.6. The zero-order valence-corrected chi connectivity index (χ0v) is 12.9. The Bertz CT molecular complexity index is 778. The van der Waals surface area contributed by atoms with Crippen LogP contribution in [0.1, 0.15) is 15.9 Å². The molecule has 2 aromatic carbocycles. The summed E-state index contributed by atoms with van der Waals surface area (Å²) in [6, 6.07) is 9.49. The quantitative estimate of drug-likeness (QED) is 0.752. The zero-order chi connectivity index (χ0) is 15.1. The number of hydrogen-bond donors (Lipinski definition) is 0. The molecule has 2 aromatic rings. The van der Waals surface area contributed by atoms with Crippen molar-refractivity contribution in [3.63, 3.8) is 0 Å². The molecule has 1 aliphatic heterocycles. The summed E-state index contributed by atoms with van der Waals surface area (Å²) in [5.74, 6) is -1.77. The lowest BCUT2D eigenvalue weighted by Crippen LogP contribution is -2.29. The van der Waals surface area contributed by atoms with Crippen LogP contribution < -0.4 is 4.90 Å². The normalized spacial score (nSPS) is 13.8. The first-order valence-electron chi connectivity index (χ1n) is 6.08. The van der Waals surface area contributed by atoms with Crippen LogP contribution in [0.4, 0.5) is 10.1 Å². The molecule has 1 heterocycles. The highest BCUT2D eigenvalue weighted by Crippen LogP contribution is 2.36. The molecule has 0 unspecified atom stereocenters. The van der Waals surface area contributed by atoms with Gasteiger partial charge in [0.15, 0.2) is 0 Å². The van der Waals surface area contributed by atoms with E-state index in [0.29, 0.717) is 21.3 Å². The number of halogens is 3. The van der Waals surface area contributed by atoms with E-state index >= 15 is 0 Å². The van der Waals surface area contributed by atoms with Crippen molar-refractivity contribution >= 4 is 44.9 Å². The van der Waals surface area contributed by atoms with Crippen molar-refractivity contribution in [1.82, 2.24) is 0 Å². The maximum absolute atomic E-state index is 13.5. The third-order valence-corrected chi connectivity index (χ3v) is 4.39. The molecule has 3 rings (SSSR count). The van der Waals surface area contributed by atoms with E-state index in [2.05, 4.69) is 15.9 Å². The minimum atomic E-state index is -0.641. The van der Waals surface area contributed by atoms with Crippen molar-refractivity contribution in [2.45, 2.75) is 6.54 Å². The number of benzene rings is 2. The van der Waals surface area contributed by atoms with E-state index in [1.807, 2.05) is 0 Å². The Morgan fingerprint density at radius 2 is 1.86 bits per heavy atom. The van der Waals surface area contributed by atoms with Gasteiger partial charge in [-0.1, -0.05) is 29.8 Å². The molecule has 6 heteroatoms. The molecule has 0 radical (unpaired) electrons. The molecule has 0 bridgehead atoms. The molecule has 0 aromatic heterocycles. The van der Waals surface area contributed by atoms with E-state index < -0.39 is 17.5 Å². The van der Waals surface area contributed by atoms with E-state index in [4.69, 9.17) is 11.6 Å². The first-order valence-corrected chi connectivity index (χ1v) is 7.25. The number of amides is 1. The Labute approximate surface area is 133 Å². The van der Waals surface area contributed by atoms with Gasteiger partial charge in [0.25, 0.3) is 11.7 Å². The lowest BCUT2D eigenvalue weighted by molar-refractivity contribution is -0.114. The van der Waals surface area contributed by atoms with Gasteiger partial charge in [0.1, 0.15) is 5.82 Å². The second-order valence-corrected chi connectivity index (χ2v) is 5.80. The standard InChI is InChI=1S/C15H8BrClFNO2/c16-9-4-2-6-11-12(9)14(20)15(21)19(11)7-8-3-1-5-10(18)13(8)17/h1-6H,7H2. The Hall–Kier alpha value is -1.72. The molecule has 106 valence electrons. The summed E-state index contributed by atoms with van der Waals surface area (Å²) in [5.41, 5.74) is 1.28. The summed E-state index contributed by atoms with van der Waals surface area (Å²) in [5, 5.41) is -0.0406. The average molecular weight is 369 g/mol. The maximum atomic E-state index is 13.5. The summed E-state index contributed by atoms with van der Waals surface area (Å²) in [4.78, 5) is 25.5. The molecule has 0 spiro atoms. The number of nitrogens with zero attached hydrogens (tertiary/aromatic N) is 1. The van der Waals surface area contributed by atoms with E-state index in [-0.39, 0.29) is 11.6 Å². The van der Waals surface area contributed by atoms with Crippen LogP contribution in [-0.4, -0.2) is 11.7 Å². The van der Waals surface area contributed by atoms with E-state index in [0.717, 1.165) is 0 Å². The van der Waals surface area contributed by atoms with Gasteiger partial charge >= 0.3 is 0 Å². The summed E-state index contributed by atoms with van der Waals surface area (Å²) in [6.45, 7) is 0.0462. The van der Waals surface area contributed by atoms with E-state index in [1.54, 1.807) is 24.3 Å². The molecule has 0 fully saturated rings. The number of ketones is 1. The Morgan fingerprint density at radius 1 is 1.14 bits per heavy atom. The first kappa shape index (κ1) is 14.2. The number of fused-ring (bicyclic) bond motifs is 1. The summed E-state index contributed by atoms with van der Waals surface area (Å²) < 4.78 is 14.0. The molecule has 0 saturated heterocycles. The smallest absolute Gasteiger partial charge is 0.299 e. The summed E-state index contributed by atoms with van der Waals surface area (Å²) >= 11 is 9.18. The molecular weight excluding hydrogens is 361 g/mol. The third kappa shape index (κ3) is 2.26. The van der Waals surface area contributed by atoms with Gasteiger partial charge in [-0.15, -0.1) is 0 Å². The number of rotatable bonds is 2. The Kier molecular flexibility index (Phi) is 3.55. The van der Waals surface area contributed by atoms with E-state index in [1.165, 1.54) is 17.0 Å². The second kappa shape index (κ2) is 5.24. The van der Waals surface area contributed by atoms with Crippen molar-refractivity contribution < 1.29 is 14.0 Å². The molecule has 3 nitrogen and oxygen atoms in total. The van der Waals surface area contributed by atoms with Gasteiger partial charge in [0.05, 0.1) is 22.8 Å². The maximum Gasteiger partial charge on any atom is 0.299 e. The molecule has 0 saturated carbocycles. The fraction of sp³-hybridized carbons (Fsp3) is 0.0667. The number of carbonyl (C=O) groups excluding carboxylic acids is 2. The van der Waals surface area contributed by atoms with Crippen molar-refractivity contribution in [2.75, 3.05) is 4.90 Å². The highest BCUT2D eigenvalue weighted by Gasteiger charge is 2.37. The van der Waals surface area contributed by atoms with Gasteiger partial charge in [-0.2, -0.15) is 0 Å². The highest BCUT2D eigenvalue weighted by molar-refractivity contribution is 9.10. The van der Waals surface area contributed by atoms with Gasteiger partial charge in [-0.3, -0.25) is 9.59 Å². The van der Waals surface area contributed by atoms with E-state index in [9.17, 15) is 14.0 Å². The fourth-order valence-electron chi connectivity index (χ4n) is 2.30. The van der Waals surface area contributed by atoms with Crippen LogP contribution in [0.25, 0.3) is 0 Å². The van der Waals surface area contributed by atoms with Crippen LogP contribution in [-0.2, 0) is 11.3 Å². The van der Waals surface area contributed by atoms with Crippen LogP contribution in [0, 0.1) is 5.82 Å². The number of carbonyl (C=O) groups is 2. The van der Waals surface area contributed by atoms with Gasteiger partial charge in [0, 0.05) is 4.47 Å². The topological polar surface area (TPSA) is 37.4 Å². The molecule has 0 N–H and O–H groups in total. The minimum absolute atomic E-state index is 0.0406. The predicted molar refractivity (Wildman–Crippen MR) is 81.1 cm³/mol. The SMILES string of the molecule is O=C1C(=O)N(Cc2cccc(F)c2Cl)c2cccc(Br)c21. The van der Waals surface area contributed by atoms with Crippen LogP contribution in [0.5, 0.6) is 0 Å². The van der Waals surface area contributed by atoms with Crippen molar-refractivity contribution in [3.05, 3.63) is 62.8 Å². The van der Waals surface area contributed by atoms with Gasteiger partial charge in [0.2, 0.25) is 0 Å².